The molecule has 1 heterocycles. The predicted octanol–water partition coefficient (Wildman–Crippen LogP) is 4.54. The minimum Gasteiger partial charge on any atom is -0.507 e. The number of rotatable bonds is 1. The Bertz CT molecular complexity index is 719. The number of thioether (sulfide) groups is 1. The van der Waals surface area contributed by atoms with Gasteiger partial charge in [-0.25, -0.2) is 9.69 Å². The Balaban J connectivity index is 2.58. The Hall–Kier alpha value is -1.95. The van der Waals surface area contributed by atoms with Crippen LogP contribution in [-0.2, 0) is 15.6 Å². The molecule has 0 atom stereocenters. The summed E-state index contributed by atoms with van der Waals surface area (Å²) in [5, 5.41) is 19.8. The second-order valence-electron chi connectivity index (χ2n) is 8.26. The van der Waals surface area contributed by atoms with E-state index in [0.29, 0.717) is 4.91 Å². The molecule has 1 aliphatic heterocycles. The van der Waals surface area contributed by atoms with E-state index in [1.54, 1.807) is 6.08 Å². The Morgan fingerprint density at radius 3 is 1.96 bits per heavy atom. The van der Waals surface area contributed by atoms with Crippen LogP contribution in [0.3, 0.4) is 0 Å². The summed E-state index contributed by atoms with van der Waals surface area (Å²) < 4.78 is 0. The molecule has 1 aliphatic rings. The van der Waals surface area contributed by atoms with Gasteiger partial charge < -0.3 is 10.2 Å². The average Bonchev–Trinajstić information content (AvgIpc) is 2.79. The number of phenols is 1. The normalized spacial score (nSPS) is 17.4. The van der Waals surface area contributed by atoms with E-state index in [2.05, 4.69) is 0 Å². The van der Waals surface area contributed by atoms with Crippen LogP contribution in [0, 0.1) is 0 Å². The van der Waals surface area contributed by atoms with Gasteiger partial charge in [-0.15, -0.1) is 0 Å². The SMILES string of the molecule is CC(C)(C)c1cc(C=C2SCN(C(=O)O)C2=O)cc(C(C)(C)C)c1O. The maximum Gasteiger partial charge on any atom is 0.415 e. The van der Waals surface area contributed by atoms with Crippen LogP contribution in [0.1, 0.15) is 58.2 Å². The molecule has 0 radical (unpaired) electrons. The monoisotopic (exact) mass is 363 g/mol. The van der Waals surface area contributed by atoms with Gasteiger partial charge in [0.15, 0.2) is 0 Å². The lowest BCUT2D eigenvalue weighted by atomic mass is 9.78. The number of hydrogen-bond acceptors (Lipinski definition) is 4. The van der Waals surface area contributed by atoms with Gasteiger partial charge in [-0.1, -0.05) is 53.3 Å². The Morgan fingerprint density at radius 2 is 1.60 bits per heavy atom. The number of nitrogens with zero attached hydrogens (tertiary/aromatic N) is 1. The van der Waals surface area contributed by atoms with Gasteiger partial charge in [0, 0.05) is 11.1 Å². The zero-order valence-corrected chi connectivity index (χ0v) is 16.3. The number of benzene rings is 1. The van der Waals surface area contributed by atoms with E-state index in [-0.39, 0.29) is 22.5 Å². The summed E-state index contributed by atoms with van der Waals surface area (Å²) in [7, 11) is 0. The topological polar surface area (TPSA) is 77.8 Å². The second-order valence-corrected chi connectivity index (χ2v) is 9.25. The summed E-state index contributed by atoms with van der Waals surface area (Å²) in [4.78, 5) is 24.4. The molecule has 0 aromatic heterocycles. The third-order valence-corrected chi connectivity index (χ3v) is 5.07. The average molecular weight is 363 g/mol. The van der Waals surface area contributed by atoms with Crippen LogP contribution >= 0.6 is 11.8 Å². The molecule has 1 saturated heterocycles. The fourth-order valence-electron chi connectivity index (χ4n) is 2.67. The molecule has 1 fully saturated rings. The number of carboxylic acid groups (broad SMARTS) is 1. The van der Waals surface area contributed by atoms with Crippen molar-refractivity contribution in [2.24, 2.45) is 0 Å². The Kier molecular flexibility index (Phi) is 4.97. The van der Waals surface area contributed by atoms with Crippen LogP contribution in [0.2, 0.25) is 0 Å². The van der Waals surface area contributed by atoms with Crippen LogP contribution in [0.25, 0.3) is 6.08 Å². The molecular weight excluding hydrogens is 338 g/mol. The molecule has 2 amide bonds. The van der Waals surface area contributed by atoms with Crippen LogP contribution in [0.5, 0.6) is 5.75 Å². The number of carbonyl (C=O) groups is 2. The van der Waals surface area contributed by atoms with Crippen molar-refractivity contribution in [3.63, 3.8) is 0 Å². The number of carbonyl (C=O) groups excluding carboxylic acids is 1. The van der Waals surface area contributed by atoms with E-state index in [9.17, 15) is 14.7 Å². The first kappa shape index (κ1) is 19.4. The summed E-state index contributed by atoms with van der Waals surface area (Å²) in [5.41, 5.74) is 1.86. The first-order valence-corrected chi connectivity index (χ1v) is 9.08. The van der Waals surface area contributed by atoms with E-state index >= 15 is 0 Å². The predicted molar refractivity (Wildman–Crippen MR) is 101 cm³/mol. The van der Waals surface area contributed by atoms with Gasteiger partial charge in [0.2, 0.25) is 0 Å². The minimum absolute atomic E-state index is 0.107. The molecule has 1 aromatic carbocycles. The van der Waals surface area contributed by atoms with E-state index in [1.807, 2.05) is 53.7 Å². The highest BCUT2D eigenvalue weighted by Crippen LogP contribution is 2.41. The number of hydrogen-bond donors (Lipinski definition) is 2. The summed E-state index contributed by atoms with van der Waals surface area (Å²) >= 11 is 1.21. The van der Waals surface area contributed by atoms with Crippen molar-refractivity contribution in [2.75, 3.05) is 5.88 Å². The van der Waals surface area contributed by atoms with Crippen molar-refractivity contribution < 1.29 is 19.8 Å². The van der Waals surface area contributed by atoms with Crippen molar-refractivity contribution in [1.29, 1.82) is 0 Å². The minimum atomic E-state index is -1.24. The van der Waals surface area contributed by atoms with Crippen LogP contribution in [0.4, 0.5) is 4.79 Å². The molecular formula is C19H25NO4S. The maximum atomic E-state index is 12.2. The van der Waals surface area contributed by atoms with Crippen LogP contribution in [0.15, 0.2) is 17.0 Å². The van der Waals surface area contributed by atoms with Gasteiger partial charge in [-0.3, -0.25) is 4.79 Å². The van der Waals surface area contributed by atoms with Crippen molar-refractivity contribution in [1.82, 2.24) is 4.90 Å². The molecule has 1 aromatic rings. The van der Waals surface area contributed by atoms with Crippen molar-refractivity contribution in [3.05, 3.63) is 33.7 Å². The van der Waals surface area contributed by atoms with Gasteiger partial charge in [0.25, 0.3) is 5.91 Å². The van der Waals surface area contributed by atoms with Gasteiger partial charge in [0.1, 0.15) is 5.75 Å². The smallest absolute Gasteiger partial charge is 0.415 e. The molecule has 0 saturated carbocycles. The van der Waals surface area contributed by atoms with Crippen molar-refractivity contribution >= 4 is 29.8 Å². The largest absolute Gasteiger partial charge is 0.507 e. The second kappa shape index (κ2) is 6.41. The van der Waals surface area contributed by atoms with E-state index < -0.39 is 12.0 Å². The highest BCUT2D eigenvalue weighted by atomic mass is 32.2. The van der Waals surface area contributed by atoms with Crippen molar-refractivity contribution in [2.45, 2.75) is 52.4 Å². The molecule has 2 N–H and O–H groups in total. The van der Waals surface area contributed by atoms with Gasteiger partial charge in [-0.2, -0.15) is 0 Å². The highest BCUT2D eigenvalue weighted by molar-refractivity contribution is 8.04. The zero-order valence-electron chi connectivity index (χ0n) is 15.5. The van der Waals surface area contributed by atoms with Gasteiger partial charge in [-0.05, 0) is 34.6 Å². The molecule has 136 valence electrons. The quantitative estimate of drug-likeness (QED) is 0.716. The summed E-state index contributed by atoms with van der Waals surface area (Å²) in [6.45, 7) is 12.1. The number of amides is 2. The maximum absolute atomic E-state index is 12.2. The Labute approximate surface area is 152 Å². The summed E-state index contributed by atoms with van der Waals surface area (Å²) in [6, 6.07) is 3.74. The molecule has 0 aliphatic carbocycles. The summed E-state index contributed by atoms with van der Waals surface area (Å²) in [5.74, 6) is -0.115. The molecule has 6 heteroatoms. The molecule has 2 rings (SSSR count). The molecule has 0 bridgehead atoms. The van der Waals surface area contributed by atoms with Gasteiger partial charge >= 0.3 is 6.09 Å². The van der Waals surface area contributed by atoms with E-state index in [4.69, 9.17) is 5.11 Å². The number of phenolic OH excluding ortho intramolecular Hbond substituents is 1. The Morgan fingerprint density at radius 1 is 1.12 bits per heavy atom. The lowest BCUT2D eigenvalue weighted by molar-refractivity contribution is -0.122. The fraction of sp³-hybridized carbons (Fsp3) is 0.474. The van der Waals surface area contributed by atoms with Crippen LogP contribution < -0.4 is 0 Å². The number of imide groups is 1. The number of aromatic hydroxyl groups is 1. The van der Waals surface area contributed by atoms with E-state index in [0.717, 1.165) is 21.6 Å². The molecule has 25 heavy (non-hydrogen) atoms. The third-order valence-electron chi connectivity index (χ3n) is 4.08. The molecule has 0 unspecified atom stereocenters. The van der Waals surface area contributed by atoms with E-state index in [1.165, 1.54) is 11.8 Å². The zero-order chi connectivity index (χ0) is 19.2. The molecule has 5 nitrogen and oxygen atoms in total. The lowest BCUT2D eigenvalue weighted by Crippen LogP contribution is -2.30. The van der Waals surface area contributed by atoms with Gasteiger partial charge in [0.05, 0.1) is 10.8 Å². The third kappa shape index (κ3) is 4.00. The first-order chi connectivity index (χ1) is 11.3. The van der Waals surface area contributed by atoms with Crippen molar-refractivity contribution in [3.8, 4) is 5.75 Å². The molecule has 0 spiro atoms. The first-order valence-electron chi connectivity index (χ1n) is 8.09. The fourth-order valence-corrected chi connectivity index (χ4v) is 3.62. The van der Waals surface area contributed by atoms with Crippen LogP contribution in [-0.4, -0.2) is 33.0 Å². The lowest BCUT2D eigenvalue weighted by Gasteiger charge is -2.28. The standard InChI is InChI=1S/C19H25NO4S/c1-18(2,3)12-7-11(8-13(15(12)21)19(4,5)6)9-14-16(22)20(10-25-14)17(23)24/h7-9,21H,10H2,1-6H3,(H,23,24). The highest BCUT2D eigenvalue weighted by Gasteiger charge is 2.32. The summed E-state index contributed by atoms with van der Waals surface area (Å²) in [6.07, 6.45) is 0.470.